The second kappa shape index (κ2) is 6.62. The molecule has 3 aromatic rings. The predicted octanol–water partition coefficient (Wildman–Crippen LogP) is 3.50. The highest BCUT2D eigenvalue weighted by molar-refractivity contribution is 5.87. The number of nitrogens with zero attached hydrogens (tertiary/aromatic N) is 2. The molecule has 0 atom stereocenters. The Kier molecular flexibility index (Phi) is 4.37. The summed E-state index contributed by atoms with van der Waals surface area (Å²) in [7, 11) is 0. The summed E-state index contributed by atoms with van der Waals surface area (Å²) in [5.74, 6) is -2.07. The molecule has 2 aromatic carbocycles. The van der Waals surface area contributed by atoms with E-state index in [0.29, 0.717) is 24.4 Å². The van der Waals surface area contributed by atoms with Crippen molar-refractivity contribution in [1.82, 2.24) is 9.55 Å². The molecule has 4 nitrogen and oxygen atoms in total. The Hall–Kier alpha value is -3.02. The largest absolute Gasteiger partial charge is 0.478 e. The smallest absolute Gasteiger partial charge is 0.335 e. The molecule has 0 bridgehead atoms. The van der Waals surface area contributed by atoms with Crippen LogP contribution in [0.1, 0.15) is 27.3 Å². The molecule has 24 heavy (non-hydrogen) atoms. The van der Waals surface area contributed by atoms with Crippen molar-refractivity contribution < 1.29 is 18.7 Å². The van der Waals surface area contributed by atoms with Gasteiger partial charge in [0.25, 0.3) is 0 Å². The van der Waals surface area contributed by atoms with E-state index in [1.807, 2.05) is 10.6 Å². The van der Waals surface area contributed by atoms with Gasteiger partial charge in [0.2, 0.25) is 0 Å². The Balaban J connectivity index is 1.81. The minimum absolute atomic E-state index is 0.217. The van der Waals surface area contributed by atoms with Crippen LogP contribution in [-0.4, -0.2) is 20.6 Å². The normalized spacial score (nSPS) is 10.8. The standard InChI is InChI=1S/C18H14F2N2O2/c19-15-5-4-12(9-16(15)20)10-17-21-6-7-22(17)11-13-2-1-3-14(8-13)18(23)24/h1-9H,10-11H2,(H,23,24). The monoisotopic (exact) mass is 328 g/mol. The van der Waals surface area contributed by atoms with Crippen LogP contribution in [0.4, 0.5) is 8.78 Å². The number of carboxylic acids is 1. The van der Waals surface area contributed by atoms with E-state index >= 15 is 0 Å². The number of rotatable bonds is 5. The SMILES string of the molecule is O=C(O)c1cccc(Cn2ccnc2Cc2ccc(F)c(F)c2)c1. The van der Waals surface area contributed by atoms with Gasteiger partial charge in [-0.3, -0.25) is 0 Å². The number of aromatic nitrogens is 2. The van der Waals surface area contributed by atoms with Gasteiger partial charge in [0.1, 0.15) is 5.82 Å². The van der Waals surface area contributed by atoms with Gasteiger partial charge in [0.05, 0.1) is 5.56 Å². The zero-order chi connectivity index (χ0) is 17.1. The van der Waals surface area contributed by atoms with Gasteiger partial charge in [-0.2, -0.15) is 0 Å². The highest BCUT2D eigenvalue weighted by Crippen LogP contribution is 2.14. The maximum Gasteiger partial charge on any atom is 0.335 e. The number of imidazole rings is 1. The third-order valence-corrected chi connectivity index (χ3v) is 3.67. The molecule has 0 saturated carbocycles. The second-order valence-electron chi connectivity index (χ2n) is 5.40. The van der Waals surface area contributed by atoms with Crippen LogP contribution in [0.25, 0.3) is 0 Å². The summed E-state index contributed by atoms with van der Waals surface area (Å²) in [6.07, 6.45) is 3.74. The van der Waals surface area contributed by atoms with Gasteiger partial charge < -0.3 is 9.67 Å². The first-order valence-electron chi connectivity index (χ1n) is 7.29. The molecule has 1 heterocycles. The van der Waals surface area contributed by atoms with Crippen LogP contribution in [0.3, 0.4) is 0 Å². The van der Waals surface area contributed by atoms with Crippen LogP contribution in [0.2, 0.25) is 0 Å². The lowest BCUT2D eigenvalue weighted by molar-refractivity contribution is 0.0696. The fourth-order valence-electron chi connectivity index (χ4n) is 2.48. The van der Waals surface area contributed by atoms with Crippen LogP contribution in [0.5, 0.6) is 0 Å². The van der Waals surface area contributed by atoms with Gasteiger partial charge in [-0.05, 0) is 35.4 Å². The molecule has 0 amide bonds. The van der Waals surface area contributed by atoms with Crippen molar-refractivity contribution in [2.45, 2.75) is 13.0 Å². The average Bonchev–Trinajstić information content (AvgIpc) is 2.98. The van der Waals surface area contributed by atoms with E-state index < -0.39 is 17.6 Å². The molecule has 0 unspecified atom stereocenters. The van der Waals surface area contributed by atoms with E-state index in [2.05, 4.69) is 4.98 Å². The minimum atomic E-state index is -0.982. The van der Waals surface area contributed by atoms with Crippen molar-refractivity contribution in [3.8, 4) is 0 Å². The van der Waals surface area contributed by atoms with Crippen molar-refractivity contribution in [2.75, 3.05) is 0 Å². The first-order chi connectivity index (χ1) is 11.5. The van der Waals surface area contributed by atoms with Crippen LogP contribution in [-0.2, 0) is 13.0 Å². The zero-order valence-corrected chi connectivity index (χ0v) is 12.6. The molecule has 0 saturated heterocycles. The lowest BCUT2D eigenvalue weighted by Crippen LogP contribution is -2.06. The minimum Gasteiger partial charge on any atom is -0.478 e. The van der Waals surface area contributed by atoms with Gasteiger partial charge in [-0.25, -0.2) is 18.6 Å². The molecule has 0 aliphatic carbocycles. The zero-order valence-electron chi connectivity index (χ0n) is 12.6. The van der Waals surface area contributed by atoms with E-state index in [0.717, 1.165) is 17.7 Å². The molecule has 1 N–H and O–H groups in total. The van der Waals surface area contributed by atoms with E-state index in [-0.39, 0.29) is 5.56 Å². The fraction of sp³-hybridized carbons (Fsp3) is 0.111. The third kappa shape index (κ3) is 3.48. The van der Waals surface area contributed by atoms with Crippen molar-refractivity contribution >= 4 is 5.97 Å². The van der Waals surface area contributed by atoms with Gasteiger partial charge in [-0.1, -0.05) is 18.2 Å². The number of carbonyl (C=O) groups is 1. The first kappa shape index (κ1) is 15.9. The van der Waals surface area contributed by atoms with E-state index in [1.165, 1.54) is 12.1 Å². The molecule has 6 heteroatoms. The fourth-order valence-corrected chi connectivity index (χ4v) is 2.48. The van der Waals surface area contributed by atoms with E-state index in [1.54, 1.807) is 24.5 Å². The quantitative estimate of drug-likeness (QED) is 0.780. The maximum absolute atomic E-state index is 13.3. The number of carboxylic acid groups (broad SMARTS) is 1. The topological polar surface area (TPSA) is 55.1 Å². The summed E-state index contributed by atoms with van der Waals surface area (Å²) in [6.45, 7) is 0.445. The van der Waals surface area contributed by atoms with Gasteiger partial charge >= 0.3 is 5.97 Å². The Bertz CT molecular complexity index is 890. The molecule has 0 radical (unpaired) electrons. The number of benzene rings is 2. The molecular formula is C18H14F2N2O2. The van der Waals surface area contributed by atoms with Gasteiger partial charge in [0.15, 0.2) is 11.6 Å². The van der Waals surface area contributed by atoms with Crippen molar-refractivity contribution in [3.63, 3.8) is 0 Å². The van der Waals surface area contributed by atoms with Crippen LogP contribution < -0.4 is 0 Å². The average molecular weight is 328 g/mol. The Morgan fingerprint density at radius 1 is 1.08 bits per heavy atom. The van der Waals surface area contributed by atoms with E-state index in [9.17, 15) is 13.6 Å². The van der Waals surface area contributed by atoms with E-state index in [4.69, 9.17) is 5.11 Å². The number of halogens is 2. The summed E-state index contributed by atoms with van der Waals surface area (Å²) in [6, 6.07) is 10.4. The molecule has 0 fully saturated rings. The molecule has 0 spiro atoms. The summed E-state index contributed by atoms with van der Waals surface area (Å²) >= 11 is 0. The Labute approximate surface area is 137 Å². The highest BCUT2D eigenvalue weighted by Gasteiger charge is 2.09. The molecule has 0 aliphatic heterocycles. The summed E-state index contributed by atoms with van der Waals surface area (Å²) in [5.41, 5.74) is 1.65. The molecular weight excluding hydrogens is 314 g/mol. The van der Waals surface area contributed by atoms with Crippen LogP contribution in [0.15, 0.2) is 54.9 Å². The Morgan fingerprint density at radius 3 is 2.67 bits per heavy atom. The molecule has 1 aromatic heterocycles. The van der Waals surface area contributed by atoms with Gasteiger partial charge in [-0.15, -0.1) is 0 Å². The molecule has 0 aliphatic rings. The summed E-state index contributed by atoms with van der Waals surface area (Å²) in [5, 5.41) is 9.05. The number of hydrogen-bond acceptors (Lipinski definition) is 2. The van der Waals surface area contributed by atoms with Crippen molar-refractivity contribution in [2.24, 2.45) is 0 Å². The second-order valence-corrected chi connectivity index (χ2v) is 5.40. The van der Waals surface area contributed by atoms with Gasteiger partial charge in [0, 0.05) is 25.4 Å². The molecule has 122 valence electrons. The van der Waals surface area contributed by atoms with Crippen LogP contribution >= 0.6 is 0 Å². The first-order valence-corrected chi connectivity index (χ1v) is 7.29. The number of hydrogen-bond donors (Lipinski definition) is 1. The van der Waals surface area contributed by atoms with Crippen molar-refractivity contribution in [1.29, 1.82) is 0 Å². The Morgan fingerprint density at radius 2 is 1.92 bits per heavy atom. The summed E-state index contributed by atoms with van der Waals surface area (Å²) in [4.78, 5) is 15.3. The number of aromatic carboxylic acids is 1. The third-order valence-electron chi connectivity index (χ3n) is 3.67. The molecule has 3 rings (SSSR count). The predicted molar refractivity (Wildman–Crippen MR) is 83.9 cm³/mol. The van der Waals surface area contributed by atoms with Crippen molar-refractivity contribution in [3.05, 3.63) is 89.0 Å². The van der Waals surface area contributed by atoms with Crippen LogP contribution in [0, 0.1) is 11.6 Å². The maximum atomic E-state index is 13.3. The lowest BCUT2D eigenvalue weighted by Gasteiger charge is -2.09. The summed E-state index contributed by atoms with van der Waals surface area (Å²) < 4.78 is 28.2. The lowest BCUT2D eigenvalue weighted by atomic mass is 10.1. The highest BCUT2D eigenvalue weighted by atomic mass is 19.2.